The van der Waals surface area contributed by atoms with Gasteiger partial charge in [-0.25, -0.2) is 4.79 Å². The summed E-state index contributed by atoms with van der Waals surface area (Å²) in [5.74, 6) is -0.216. The molecule has 14 heavy (non-hydrogen) atoms. The Morgan fingerprint density at radius 2 is 2.29 bits per heavy atom. The monoisotopic (exact) mass is 195 g/mol. The van der Waals surface area contributed by atoms with Crippen molar-refractivity contribution < 1.29 is 9.59 Å². The first kappa shape index (κ1) is 9.05. The second-order valence-electron chi connectivity index (χ2n) is 3.90. The van der Waals surface area contributed by atoms with Gasteiger partial charge in [-0.2, -0.15) is 0 Å². The Morgan fingerprint density at radius 3 is 2.71 bits per heavy atom. The van der Waals surface area contributed by atoms with E-state index in [-0.39, 0.29) is 5.91 Å². The summed E-state index contributed by atoms with van der Waals surface area (Å²) >= 11 is 0. The quantitative estimate of drug-likeness (QED) is 0.570. The summed E-state index contributed by atoms with van der Waals surface area (Å²) in [5, 5.41) is 4.95. The molecule has 5 nitrogen and oxygen atoms in total. The van der Waals surface area contributed by atoms with Gasteiger partial charge < -0.3 is 10.2 Å². The lowest BCUT2D eigenvalue weighted by Gasteiger charge is -2.22. The molecule has 0 aromatic carbocycles. The molecule has 0 aromatic rings. The Morgan fingerprint density at radius 1 is 1.57 bits per heavy atom. The molecular weight excluding hydrogens is 182 g/mol. The Labute approximate surface area is 82.1 Å². The number of hydrogen-bond donors (Lipinski definition) is 2. The molecule has 3 amide bonds. The highest BCUT2D eigenvalue weighted by atomic mass is 16.2. The fraction of sp³-hybridized carbons (Fsp3) is 0.556. The molecule has 2 saturated heterocycles. The van der Waals surface area contributed by atoms with Crippen LogP contribution in [0.1, 0.15) is 13.3 Å². The molecule has 1 unspecified atom stereocenters. The lowest BCUT2D eigenvalue weighted by Crippen LogP contribution is -2.48. The highest BCUT2D eigenvalue weighted by molar-refractivity contribution is 6.07. The van der Waals surface area contributed by atoms with Gasteiger partial charge in [0.1, 0.15) is 5.54 Å². The lowest BCUT2D eigenvalue weighted by molar-refractivity contribution is -0.123. The molecule has 0 saturated carbocycles. The zero-order valence-electron chi connectivity index (χ0n) is 8.09. The first-order valence-electron chi connectivity index (χ1n) is 4.57. The summed E-state index contributed by atoms with van der Waals surface area (Å²) in [6.07, 6.45) is 0.650. The maximum Gasteiger partial charge on any atom is 0.322 e. The maximum atomic E-state index is 11.5. The molecule has 0 bridgehead atoms. The Balaban J connectivity index is 2.17. The largest absolute Gasteiger partial charge is 0.373 e. The third-order valence-electron chi connectivity index (χ3n) is 2.82. The predicted molar refractivity (Wildman–Crippen MR) is 50.4 cm³/mol. The summed E-state index contributed by atoms with van der Waals surface area (Å²) in [7, 11) is 0. The third-order valence-corrected chi connectivity index (χ3v) is 2.82. The molecule has 2 fully saturated rings. The lowest BCUT2D eigenvalue weighted by atomic mass is 10.00. The minimum absolute atomic E-state index is 0.216. The van der Waals surface area contributed by atoms with Crippen molar-refractivity contribution >= 4 is 11.9 Å². The van der Waals surface area contributed by atoms with Gasteiger partial charge in [-0.3, -0.25) is 10.1 Å². The van der Waals surface area contributed by atoms with Gasteiger partial charge in [0.05, 0.1) is 0 Å². The summed E-state index contributed by atoms with van der Waals surface area (Å²) in [6.45, 7) is 7.01. The third kappa shape index (κ3) is 1.16. The van der Waals surface area contributed by atoms with E-state index in [1.165, 1.54) is 0 Å². The Kier molecular flexibility index (Phi) is 1.77. The number of carbonyl (C=O) groups excluding carboxylic acids is 2. The molecule has 1 spiro atoms. The average Bonchev–Trinajstić information content (AvgIpc) is 2.59. The fourth-order valence-electron chi connectivity index (χ4n) is 1.95. The van der Waals surface area contributed by atoms with Crippen molar-refractivity contribution in [3.8, 4) is 0 Å². The Hall–Kier alpha value is -1.52. The zero-order chi connectivity index (χ0) is 10.3. The number of urea groups is 1. The van der Waals surface area contributed by atoms with Crippen LogP contribution in [-0.2, 0) is 4.79 Å². The highest BCUT2D eigenvalue weighted by Crippen LogP contribution is 2.26. The van der Waals surface area contributed by atoms with Gasteiger partial charge in [0.15, 0.2) is 0 Å². The van der Waals surface area contributed by atoms with Gasteiger partial charge in [-0.1, -0.05) is 6.58 Å². The van der Waals surface area contributed by atoms with E-state index in [0.717, 1.165) is 12.2 Å². The molecule has 2 rings (SSSR count). The van der Waals surface area contributed by atoms with Crippen LogP contribution < -0.4 is 10.6 Å². The number of amides is 3. The van der Waals surface area contributed by atoms with Gasteiger partial charge in [-0.05, 0) is 13.3 Å². The van der Waals surface area contributed by atoms with Crippen LogP contribution in [0.3, 0.4) is 0 Å². The number of nitrogens with zero attached hydrogens (tertiary/aromatic N) is 1. The normalized spacial score (nSPS) is 30.8. The SMILES string of the molecule is C=C(C)N1CCC2(C1)NC(=O)NC2=O. The molecule has 2 N–H and O–H groups in total. The summed E-state index contributed by atoms with van der Waals surface area (Å²) in [5.41, 5.74) is 0.214. The van der Waals surface area contributed by atoms with Crippen LogP contribution in [0.2, 0.25) is 0 Å². The molecule has 0 aromatic heterocycles. The van der Waals surface area contributed by atoms with Crippen molar-refractivity contribution in [2.75, 3.05) is 13.1 Å². The zero-order valence-corrected chi connectivity index (χ0v) is 8.09. The molecular formula is C9H13N3O2. The van der Waals surface area contributed by atoms with Crippen LogP contribution >= 0.6 is 0 Å². The van der Waals surface area contributed by atoms with Gasteiger partial charge >= 0.3 is 6.03 Å². The second-order valence-corrected chi connectivity index (χ2v) is 3.90. The molecule has 0 radical (unpaired) electrons. The van der Waals surface area contributed by atoms with Gasteiger partial charge in [-0.15, -0.1) is 0 Å². The number of imide groups is 1. The topological polar surface area (TPSA) is 61.4 Å². The Bertz CT molecular complexity index is 326. The average molecular weight is 195 g/mol. The van der Waals surface area contributed by atoms with Crippen LogP contribution in [0.15, 0.2) is 12.3 Å². The van der Waals surface area contributed by atoms with Crippen molar-refractivity contribution in [2.24, 2.45) is 0 Å². The summed E-state index contributed by atoms with van der Waals surface area (Å²) in [4.78, 5) is 24.5. The fourth-order valence-corrected chi connectivity index (χ4v) is 1.95. The molecule has 2 aliphatic rings. The van der Waals surface area contributed by atoms with E-state index in [4.69, 9.17) is 0 Å². The first-order chi connectivity index (χ1) is 6.53. The van der Waals surface area contributed by atoms with Gasteiger partial charge in [0.25, 0.3) is 5.91 Å². The van der Waals surface area contributed by atoms with Crippen LogP contribution in [-0.4, -0.2) is 35.5 Å². The predicted octanol–water partition coefficient (Wildman–Crippen LogP) is -0.196. The van der Waals surface area contributed by atoms with Crippen LogP contribution in [0, 0.1) is 0 Å². The molecule has 1 atom stereocenters. The van der Waals surface area contributed by atoms with Crippen molar-refractivity contribution in [2.45, 2.75) is 18.9 Å². The van der Waals surface area contributed by atoms with Gasteiger partial charge in [0.2, 0.25) is 0 Å². The minimum Gasteiger partial charge on any atom is -0.373 e. The van der Waals surface area contributed by atoms with Crippen LogP contribution in [0.4, 0.5) is 4.79 Å². The molecule has 2 aliphatic heterocycles. The van der Waals surface area contributed by atoms with E-state index in [0.29, 0.717) is 13.0 Å². The van der Waals surface area contributed by atoms with E-state index in [2.05, 4.69) is 17.2 Å². The summed E-state index contributed by atoms with van der Waals surface area (Å²) in [6, 6.07) is -0.390. The van der Waals surface area contributed by atoms with Crippen LogP contribution in [0.25, 0.3) is 0 Å². The van der Waals surface area contributed by atoms with Crippen molar-refractivity contribution in [1.29, 1.82) is 0 Å². The second kappa shape index (κ2) is 2.73. The van der Waals surface area contributed by atoms with Gasteiger partial charge in [0, 0.05) is 18.8 Å². The number of carbonyl (C=O) groups is 2. The smallest absolute Gasteiger partial charge is 0.322 e. The van der Waals surface area contributed by atoms with Crippen molar-refractivity contribution in [3.63, 3.8) is 0 Å². The van der Waals surface area contributed by atoms with Crippen molar-refractivity contribution in [1.82, 2.24) is 15.5 Å². The van der Waals surface area contributed by atoms with E-state index < -0.39 is 11.6 Å². The minimum atomic E-state index is -0.712. The van der Waals surface area contributed by atoms with E-state index in [1.54, 1.807) is 0 Å². The highest BCUT2D eigenvalue weighted by Gasteiger charge is 2.50. The standard InChI is InChI=1S/C9H13N3O2/c1-6(2)12-4-3-9(5-12)7(13)10-8(14)11-9/h1,3-5H2,2H3,(H2,10,11,13,14). The molecule has 76 valence electrons. The molecule has 5 heteroatoms. The molecule has 2 heterocycles. The van der Waals surface area contributed by atoms with Crippen LogP contribution in [0.5, 0.6) is 0 Å². The number of allylic oxidation sites excluding steroid dienone is 1. The number of rotatable bonds is 1. The maximum absolute atomic E-state index is 11.5. The molecule has 0 aliphatic carbocycles. The van der Waals surface area contributed by atoms with E-state index in [9.17, 15) is 9.59 Å². The number of likely N-dealkylation sites (tertiary alicyclic amines) is 1. The first-order valence-corrected chi connectivity index (χ1v) is 4.57. The number of hydrogen-bond acceptors (Lipinski definition) is 3. The summed E-state index contributed by atoms with van der Waals surface area (Å²) < 4.78 is 0. The van der Waals surface area contributed by atoms with E-state index >= 15 is 0 Å². The van der Waals surface area contributed by atoms with Crippen molar-refractivity contribution in [3.05, 3.63) is 12.3 Å². The number of nitrogens with one attached hydrogen (secondary N) is 2. The van der Waals surface area contributed by atoms with E-state index in [1.807, 2.05) is 11.8 Å².